The molecule has 1 heteroatoms. The van der Waals surface area contributed by atoms with Crippen LogP contribution in [-0.2, 0) is 4.74 Å². The maximum atomic E-state index is 5.25. The van der Waals surface area contributed by atoms with Gasteiger partial charge in [0.05, 0.1) is 12.2 Å². The summed E-state index contributed by atoms with van der Waals surface area (Å²) in [4.78, 5) is 0. The predicted octanol–water partition coefficient (Wildman–Crippen LogP) is 1.39. The first-order valence-electron chi connectivity index (χ1n) is 2.77. The molecule has 0 bridgehead atoms. The predicted molar refractivity (Wildman–Crippen MR) is 28.9 cm³/mol. The van der Waals surface area contributed by atoms with E-state index in [-0.39, 0.29) is 6.10 Å². The zero-order chi connectivity index (χ0) is 5.28. The minimum Gasteiger partial charge on any atom is -0.375 e. The molecule has 0 amide bonds. The van der Waals surface area contributed by atoms with Gasteiger partial charge in [-0.3, -0.25) is 0 Å². The van der Waals surface area contributed by atoms with Gasteiger partial charge >= 0.3 is 0 Å². The highest BCUT2D eigenvalue weighted by molar-refractivity contribution is 4.74. The Morgan fingerprint density at radius 1 is 1.71 bits per heavy atom. The second kappa shape index (κ2) is 1.83. The van der Waals surface area contributed by atoms with Crippen molar-refractivity contribution in [3.63, 3.8) is 0 Å². The van der Waals surface area contributed by atoms with Crippen molar-refractivity contribution in [2.75, 3.05) is 0 Å². The summed E-state index contributed by atoms with van der Waals surface area (Å²) in [7, 11) is 0. The summed E-state index contributed by atoms with van der Waals surface area (Å²) in [6.45, 7) is 5.67. The highest BCUT2D eigenvalue weighted by atomic mass is 16.5. The molecule has 1 aliphatic rings. The first-order chi connectivity index (χ1) is 3.29. The molecular formula is C6H11O. The van der Waals surface area contributed by atoms with E-state index in [0.29, 0.717) is 6.10 Å². The molecule has 41 valence electrons. The molecular weight excluding hydrogens is 88.1 g/mol. The van der Waals surface area contributed by atoms with E-state index in [2.05, 4.69) is 6.92 Å². The fraction of sp³-hybridized carbons (Fsp3) is 0.833. The standard InChI is InChI=1S/C6H11O/c1-5(2)7-6-3-4-6/h5-6H,1,3-4H2,2H3. The van der Waals surface area contributed by atoms with Crippen molar-refractivity contribution in [2.24, 2.45) is 0 Å². The smallest absolute Gasteiger partial charge is 0.0580 e. The van der Waals surface area contributed by atoms with Crippen molar-refractivity contribution >= 4 is 0 Å². The van der Waals surface area contributed by atoms with E-state index in [1.165, 1.54) is 12.8 Å². The summed E-state index contributed by atoms with van der Waals surface area (Å²) in [5.41, 5.74) is 0. The fourth-order valence-electron chi connectivity index (χ4n) is 0.533. The van der Waals surface area contributed by atoms with Gasteiger partial charge < -0.3 is 4.74 Å². The molecule has 1 saturated carbocycles. The van der Waals surface area contributed by atoms with Crippen LogP contribution in [0.3, 0.4) is 0 Å². The molecule has 0 aromatic carbocycles. The molecule has 1 radical (unpaired) electrons. The van der Waals surface area contributed by atoms with Crippen LogP contribution in [0.15, 0.2) is 0 Å². The zero-order valence-corrected chi connectivity index (χ0v) is 4.68. The van der Waals surface area contributed by atoms with Gasteiger partial charge in [0.1, 0.15) is 0 Å². The largest absolute Gasteiger partial charge is 0.375 e. The molecule has 7 heavy (non-hydrogen) atoms. The average molecular weight is 99.2 g/mol. The van der Waals surface area contributed by atoms with Crippen LogP contribution >= 0.6 is 0 Å². The van der Waals surface area contributed by atoms with E-state index in [4.69, 9.17) is 4.74 Å². The van der Waals surface area contributed by atoms with Gasteiger partial charge in [-0.2, -0.15) is 0 Å². The van der Waals surface area contributed by atoms with Crippen molar-refractivity contribution in [1.29, 1.82) is 0 Å². The third-order valence-electron chi connectivity index (χ3n) is 0.949. The lowest BCUT2D eigenvalue weighted by atomic mass is 10.5. The number of hydrogen-bond acceptors (Lipinski definition) is 1. The zero-order valence-electron chi connectivity index (χ0n) is 4.68. The molecule has 0 aromatic rings. The van der Waals surface area contributed by atoms with E-state index in [1.54, 1.807) is 0 Å². The normalized spacial score (nSPS) is 21.0. The monoisotopic (exact) mass is 99.1 g/mol. The molecule has 1 aliphatic carbocycles. The Labute approximate surface area is 44.7 Å². The summed E-state index contributed by atoms with van der Waals surface area (Å²) in [6, 6.07) is 0. The molecule has 0 aromatic heterocycles. The van der Waals surface area contributed by atoms with Crippen molar-refractivity contribution in [3.8, 4) is 0 Å². The maximum Gasteiger partial charge on any atom is 0.0580 e. The summed E-state index contributed by atoms with van der Waals surface area (Å²) >= 11 is 0. The van der Waals surface area contributed by atoms with Crippen LogP contribution in [0.4, 0.5) is 0 Å². The van der Waals surface area contributed by atoms with Crippen LogP contribution in [0.5, 0.6) is 0 Å². The molecule has 0 spiro atoms. The van der Waals surface area contributed by atoms with Crippen LogP contribution in [0, 0.1) is 6.92 Å². The number of ether oxygens (including phenoxy) is 1. The van der Waals surface area contributed by atoms with Crippen LogP contribution < -0.4 is 0 Å². The first kappa shape index (κ1) is 5.10. The minimum absolute atomic E-state index is 0.187. The van der Waals surface area contributed by atoms with Crippen LogP contribution in [-0.4, -0.2) is 12.2 Å². The van der Waals surface area contributed by atoms with Crippen molar-refractivity contribution < 1.29 is 4.74 Å². The Morgan fingerprint density at radius 3 is 2.43 bits per heavy atom. The van der Waals surface area contributed by atoms with Crippen LogP contribution in [0.25, 0.3) is 0 Å². The lowest BCUT2D eigenvalue weighted by molar-refractivity contribution is 0.0814. The highest BCUT2D eigenvalue weighted by Crippen LogP contribution is 2.24. The highest BCUT2D eigenvalue weighted by Gasteiger charge is 2.22. The third kappa shape index (κ3) is 1.93. The van der Waals surface area contributed by atoms with Gasteiger partial charge in [-0.15, -0.1) is 0 Å². The Hall–Kier alpha value is -0.0400. The fourth-order valence-corrected chi connectivity index (χ4v) is 0.533. The summed E-state index contributed by atoms with van der Waals surface area (Å²) in [5.74, 6) is 0. The Bertz CT molecular complexity index is 55.2. The van der Waals surface area contributed by atoms with Crippen molar-refractivity contribution in [1.82, 2.24) is 0 Å². The molecule has 1 nitrogen and oxygen atoms in total. The Kier molecular flexibility index (Phi) is 1.33. The van der Waals surface area contributed by atoms with Gasteiger partial charge in [0.15, 0.2) is 0 Å². The lowest BCUT2D eigenvalue weighted by Gasteiger charge is -2.02. The van der Waals surface area contributed by atoms with Gasteiger partial charge in [0.2, 0.25) is 0 Å². The molecule has 1 atom stereocenters. The van der Waals surface area contributed by atoms with Gasteiger partial charge in [-0.05, 0) is 26.7 Å². The van der Waals surface area contributed by atoms with E-state index < -0.39 is 0 Å². The quantitative estimate of drug-likeness (QED) is 0.508. The van der Waals surface area contributed by atoms with Gasteiger partial charge in [-0.25, -0.2) is 0 Å². The van der Waals surface area contributed by atoms with Gasteiger partial charge in [-0.1, -0.05) is 0 Å². The Morgan fingerprint density at radius 2 is 2.29 bits per heavy atom. The maximum absolute atomic E-state index is 5.25. The molecule has 0 saturated heterocycles. The topological polar surface area (TPSA) is 9.23 Å². The van der Waals surface area contributed by atoms with E-state index in [1.807, 2.05) is 6.92 Å². The SMILES string of the molecule is [CH2]C(C)OC1CC1. The minimum atomic E-state index is 0.187. The van der Waals surface area contributed by atoms with Crippen LogP contribution in [0.1, 0.15) is 19.8 Å². The Balaban J connectivity index is 1.97. The van der Waals surface area contributed by atoms with E-state index in [0.717, 1.165) is 0 Å². The van der Waals surface area contributed by atoms with E-state index >= 15 is 0 Å². The van der Waals surface area contributed by atoms with E-state index in [9.17, 15) is 0 Å². The summed E-state index contributed by atoms with van der Waals surface area (Å²) in [6.07, 6.45) is 3.25. The second-order valence-electron chi connectivity index (χ2n) is 2.15. The van der Waals surface area contributed by atoms with Gasteiger partial charge in [0, 0.05) is 0 Å². The first-order valence-corrected chi connectivity index (χ1v) is 2.77. The molecule has 1 fully saturated rings. The molecule has 1 unspecified atom stereocenters. The molecule has 0 N–H and O–H groups in total. The van der Waals surface area contributed by atoms with Crippen molar-refractivity contribution in [2.45, 2.75) is 32.0 Å². The van der Waals surface area contributed by atoms with Crippen LogP contribution in [0.2, 0.25) is 0 Å². The van der Waals surface area contributed by atoms with Crippen molar-refractivity contribution in [3.05, 3.63) is 6.92 Å². The molecule has 1 rings (SSSR count). The molecule has 0 heterocycles. The summed E-state index contributed by atoms with van der Waals surface area (Å²) in [5, 5.41) is 0. The number of rotatable bonds is 2. The average Bonchev–Trinajstić information content (AvgIpc) is 2.17. The number of hydrogen-bond donors (Lipinski definition) is 0. The second-order valence-corrected chi connectivity index (χ2v) is 2.15. The lowest BCUT2D eigenvalue weighted by Crippen LogP contribution is -2.03. The summed E-state index contributed by atoms with van der Waals surface area (Å²) < 4.78 is 5.25. The van der Waals surface area contributed by atoms with Gasteiger partial charge in [0.25, 0.3) is 0 Å². The molecule has 0 aliphatic heterocycles. The third-order valence-corrected chi connectivity index (χ3v) is 0.949.